The summed E-state index contributed by atoms with van der Waals surface area (Å²) in [6.07, 6.45) is 0.567. The summed E-state index contributed by atoms with van der Waals surface area (Å²) in [6, 6.07) is 0. The Morgan fingerprint density at radius 3 is 2.43 bits per heavy atom. The summed E-state index contributed by atoms with van der Waals surface area (Å²) in [5.41, 5.74) is -0.400. The van der Waals surface area contributed by atoms with Crippen LogP contribution in [0.25, 0.3) is 0 Å². The smallest absolute Gasteiger partial charge is 0.223 e. The molecule has 0 radical (unpaired) electrons. The maximum absolute atomic E-state index is 11.5. The van der Waals surface area contributed by atoms with Crippen molar-refractivity contribution >= 4 is 5.91 Å². The summed E-state index contributed by atoms with van der Waals surface area (Å²) < 4.78 is 0. The summed E-state index contributed by atoms with van der Waals surface area (Å²) in [4.78, 5) is 11.5. The molecule has 0 bridgehead atoms. The molecule has 4 heteroatoms. The highest BCUT2D eigenvalue weighted by Crippen LogP contribution is 2.25. The topological polar surface area (TPSA) is 69.6 Å². The zero-order valence-corrected chi connectivity index (χ0v) is 9.21. The van der Waals surface area contributed by atoms with Crippen molar-refractivity contribution in [2.75, 3.05) is 19.8 Å². The van der Waals surface area contributed by atoms with Crippen LogP contribution in [0.3, 0.4) is 0 Å². The Morgan fingerprint density at radius 2 is 2.00 bits per heavy atom. The molecule has 0 saturated heterocycles. The number of rotatable bonds is 6. The van der Waals surface area contributed by atoms with Crippen LogP contribution in [0.2, 0.25) is 0 Å². The number of aliphatic hydroxyl groups is 2. The Morgan fingerprint density at radius 1 is 1.43 bits per heavy atom. The largest absolute Gasteiger partial charge is 0.396 e. The number of carbonyl (C=O) groups excluding carboxylic acids is 1. The number of nitrogens with one attached hydrogen (secondary N) is 1. The van der Waals surface area contributed by atoms with Crippen molar-refractivity contribution in [2.24, 2.45) is 11.3 Å². The fraction of sp³-hybridized carbons (Fsp3) is 0.900. The summed E-state index contributed by atoms with van der Waals surface area (Å²) in [5, 5.41) is 20.3. The van der Waals surface area contributed by atoms with Gasteiger partial charge in [-0.2, -0.15) is 0 Å². The van der Waals surface area contributed by atoms with Crippen LogP contribution >= 0.6 is 0 Å². The third-order valence-corrected chi connectivity index (χ3v) is 2.61. The van der Waals surface area contributed by atoms with Crippen molar-refractivity contribution in [1.82, 2.24) is 5.32 Å². The van der Waals surface area contributed by atoms with Gasteiger partial charge in [0, 0.05) is 25.7 Å². The minimum Gasteiger partial charge on any atom is -0.396 e. The minimum absolute atomic E-state index is 0.0123. The quantitative estimate of drug-likeness (QED) is 0.538. The molecule has 0 rings (SSSR count). The van der Waals surface area contributed by atoms with Gasteiger partial charge < -0.3 is 15.5 Å². The number of amides is 1. The van der Waals surface area contributed by atoms with Gasteiger partial charge in [-0.05, 0) is 11.8 Å². The van der Waals surface area contributed by atoms with E-state index in [9.17, 15) is 4.79 Å². The van der Waals surface area contributed by atoms with Crippen LogP contribution in [-0.2, 0) is 4.79 Å². The van der Waals surface area contributed by atoms with E-state index in [2.05, 4.69) is 5.32 Å². The van der Waals surface area contributed by atoms with Gasteiger partial charge in [-0.1, -0.05) is 20.8 Å². The summed E-state index contributed by atoms with van der Waals surface area (Å²) in [7, 11) is 0. The number of carbonyl (C=O) groups is 1. The van der Waals surface area contributed by atoms with Crippen LogP contribution in [0.5, 0.6) is 0 Å². The van der Waals surface area contributed by atoms with Crippen LogP contribution in [0, 0.1) is 11.3 Å². The van der Waals surface area contributed by atoms with E-state index in [1.165, 1.54) is 0 Å². The van der Waals surface area contributed by atoms with Crippen LogP contribution in [0.1, 0.15) is 27.2 Å². The molecular weight excluding hydrogens is 182 g/mol. The van der Waals surface area contributed by atoms with E-state index in [1.54, 1.807) is 6.92 Å². The lowest BCUT2D eigenvalue weighted by atomic mass is 9.80. The van der Waals surface area contributed by atoms with Crippen molar-refractivity contribution < 1.29 is 15.0 Å². The highest BCUT2D eigenvalue weighted by molar-refractivity contribution is 5.79. The number of hydrogen-bond donors (Lipinski definition) is 3. The van der Waals surface area contributed by atoms with E-state index in [1.807, 2.05) is 13.8 Å². The van der Waals surface area contributed by atoms with E-state index < -0.39 is 5.41 Å². The van der Waals surface area contributed by atoms with Gasteiger partial charge in [0.2, 0.25) is 5.91 Å². The Balaban J connectivity index is 3.99. The lowest BCUT2D eigenvalue weighted by Crippen LogP contribution is -2.39. The fourth-order valence-corrected chi connectivity index (χ4v) is 0.936. The molecular formula is C10H21NO3. The van der Waals surface area contributed by atoms with Gasteiger partial charge in [0.05, 0.1) is 0 Å². The molecule has 0 aliphatic rings. The predicted molar refractivity (Wildman–Crippen MR) is 54.7 cm³/mol. The molecule has 0 aromatic rings. The molecule has 1 atom stereocenters. The van der Waals surface area contributed by atoms with Gasteiger partial charge in [0.15, 0.2) is 0 Å². The van der Waals surface area contributed by atoms with Crippen molar-refractivity contribution in [1.29, 1.82) is 0 Å². The van der Waals surface area contributed by atoms with Crippen LogP contribution in [-0.4, -0.2) is 35.9 Å². The molecule has 0 heterocycles. The molecule has 4 nitrogen and oxygen atoms in total. The molecule has 3 N–H and O–H groups in total. The molecule has 0 aliphatic heterocycles. The van der Waals surface area contributed by atoms with Crippen molar-refractivity contribution in [3.05, 3.63) is 0 Å². The Bertz CT molecular complexity index is 180. The first-order chi connectivity index (χ1) is 6.45. The summed E-state index contributed by atoms with van der Waals surface area (Å²) in [5.74, 6) is -0.302. The maximum Gasteiger partial charge on any atom is 0.223 e. The third-order valence-electron chi connectivity index (χ3n) is 2.61. The second kappa shape index (κ2) is 5.98. The van der Waals surface area contributed by atoms with Crippen molar-refractivity contribution in [3.63, 3.8) is 0 Å². The highest BCUT2D eigenvalue weighted by atomic mass is 16.3. The zero-order valence-electron chi connectivity index (χ0n) is 9.21. The third kappa shape index (κ3) is 4.07. The summed E-state index contributed by atoms with van der Waals surface area (Å²) >= 11 is 0. The van der Waals surface area contributed by atoms with Gasteiger partial charge in [-0.3, -0.25) is 4.79 Å². The Kier molecular flexibility index (Phi) is 5.72. The fourth-order valence-electron chi connectivity index (χ4n) is 0.936. The lowest BCUT2D eigenvalue weighted by Gasteiger charge is -2.28. The van der Waals surface area contributed by atoms with Gasteiger partial charge in [-0.25, -0.2) is 0 Å². The molecule has 84 valence electrons. The standard InChI is InChI=1S/C10H21NO3/c1-8(10(2,3)7-13)9(14)11-5-4-6-12/h8,12-13H,4-7H2,1-3H3,(H,11,14)/t8-/m0/s1. The zero-order chi connectivity index (χ0) is 11.2. The van der Waals surface area contributed by atoms with Crippen molar-refractivity contribution in [3.8, 4) is 0 Å². The van der Waals surface area contributed by atoms with Crippen LogP contribution in [0.15, 0.2) is 0 Å². The van der Waals surface area contributed by atoms with E-state index in [4.69, 9.17) is 10.2 Å². The lowest BCUT2D eigenvalue weighted by molar-refractivity contribution is -0.128. The van der Waals surface area contributed by atoms with E-state index >= 15 is 0 Å². The second-order valence-corrected chi connectivity index (χ2v) is 4.24. The van der Waals surface area contributed by atoms with E-state index in [0.29, 0.717) is 13.0 Å². The predicted octanol–water partition coefficient (Wildman–Crippen LogP) is 0.140. The molecule has 0 aromatic carbocycles. The van der Waals surface area contributed by atoms with Gasteiger partial charge in [0.25, 0.3) is 0 Å². The highest BCUT2D eigenvalue weighted by Gasteiger charge is 2.30. The molecule has 0 unspecified atom stereocenters. The van der Waals surface area contributed by atoms with Gasteiger partial charge >= 0.3 is 0 Å². The summed E-state index contributed by atoms with van der Waals surface area (Å²) in [6.45, 7) is 6.05. The SMILES string of the molecule is C[C@@H](C(=O)NCCCO)C(C)(C)CO. The average Bonchev–Trinajstić information content (AvgIpc) is 2.17. The molecule has 0 aromatic heterocycles. The van der Waals surface area contributed by atoms with Gasteiger partial charge in [-0.15, -0.1) is 0 Å². The van der Waals surface area contributed by atoms with E-state index in [-0.39, 0.29) is 25.0 Å². The van der Waals surface area contributed by atoms with Gasteiger partial charge in [0.1, 0.15) is 0 Å². The monoisotopic (exact) mass is 203 g/mol. The maximum atomic E-state index is 11.5. The molecule has 1 amide bonds. The molecule has 0 fully saturated rings. The minimum atomic E-state index is -0.400. The number of aliphatic hydroxyl groups excluding tert-OH is 2. The molecule has 0 saturated carbocycles. The first kappa shape index (κ1) is 13.4. The van der Waals surface area contributed by atoms with Crippen molar-refractivity contribution in [2.45, 2.75) is 27.2 Å². The van der Waals surface area contributed by atoms with Crippen LogP contribution < -0.4 is 5.32 Å². The average molecular weight is 203 g/mol. The Hall–Kier alpha value is -0.610. The normalized spacial score (nSPS) is 13.8. The number of hydrogen-bond acceptors (Lipinski definition) is 3. The van der Waals surface area contributed by atoms with E-state index in [0.717, 1.165) is 0 Å². The second-order valence-electron chi connectivity index (χ2n) is 4.24. The molecule has 14 heavy (non-hydrogen) atoms. The first-order valence-corrected chi connectivity index (χ1v) is 4.95. The molecule has 0 aliphatic carbocycles. The Labute approximate surface area is 85.3 Å². The molecule has 0 spiro atoms. The van der Waals surface area contributed by atoms with Crippen LogP contribution in [0.4, 0.5) is 0 Å². The first-order valence-electron chi connectivity index (χ1n) is 4.95.